The van der Waals surface area contributed by atoms with Gasteiger partial charge in [0, 0.05) is 22.5 Å². The highest BCUT2D eigenvalue weighted by Gasteiger charge is 2.14. The van der Waals surface area contributed by atoms with Gasteiger partial charge < -0.3 is 9.84 Å². The largest absolute Gasteiger partial charge is 0.496 e. The van der Waals surface area contributed by atoms with Crippen LogP contribution in [0.5, 0.6) is 5.75 Å². The van der Waals surface area contributed by atoms with Crippen LogP contribution >= 0.6 is 11.6 Å². The number of halogens is 1. The van der Waals surface area contributed by atoms with Crippen LogP contribution in [-0.4, -0.2) is 17.2 Å². The van der Waals surface area contributed by atoms with Gasteiger partial charge in [-0.1, -0.05) is 17.7 Å². The van der Waals surface area contributed by atoms with Crippen molar-refractivity contribution in [2.75, 3.05) is 7.11 Å². The van der Waals surface area contributed by atoms with Crippen LogP contribution in [0.4, 0.5) is 0 Å². The molecule has 0 saturated carbocycles. The summed E-state index contributed by atoms with van der Waals surface area (Å²) < 4.78 is 5.24. The minimum absolute atomic E-state index is 0.577. The molecule has 2 aromatic rings. The summed E-state index contributed by atoms with van der Waals surface area (Å²) in [6.07, 6.45) is 2.42. The Labute approximate surface area is 117 Å². The molecular weight excluding hydrogens is 262 g/mol. The lowest BCUT2D eigenvalue weighted by atomic mass is 10.0. The second-order valence-corrected chi connectivity index (χ2v) is 4.70. The lowest BCUT2D eigenvalue weighted by molar-refractivity contribution is 0.163. The van der Waals surface area contributed by atoms with E-state index in [0.29, 0.717) is 29.2 Å². The number of hydrogen-bond acceptors (Lipinski definition) is 3. The fourth-order valence-electron chi connectivity index (χ4n) is 1.95. The van der Waals surface area contributed by atoms with E-state index < -0.39 is 6.10 Å². The SMILES string of the molecule is COc1ccc(Cl)cc1C(O)CCc1ccccn1. The van der Waals surface area contributed by atoms with E-state index in [1.165, 1.54) is 0 Å². The summed E-state index contributed by atoms with van der Waals surface area (Å²) in [5.41, 5.74) is 1.67. The van der Waals surface area contributed by atoms with Crippen LogP contribution in [0.2, 0.25) is 5.02 Å². The average molecular weight is 278 g/mol. The van der Waals surface area contributed by atoms with Crippen molar-refractivity contribution >= 4 is 11.6 Å². The lowest BCUT2D eigenvalue weighted by Gasteiger charge is -2.15. The summed E-state index contributed by atoms with van der Waals surface area (Å²) in [4.78, 5) is 4.24. The molecule has 0 radical (unpaired) electrons. The van der Waals surface area contributed by atoms with Crippen molar-refractivity contribution in [2.24, 2.45) is 0 Å². The van der Waals surface area contributed by atoms with Crippen LogP contribution in [0.25, 0.3) is 0 Å². The molecular formula is C15H16ClNO2. The number of benzene rings is 1. The molecule has 1 aromatic heterocycles. The van der Waals surface area contributed by atoms with E-state index in [9.17, 15) is 5.11 Å². The molecule has 0 aliphatic heterocycles. The number of pyridine rings is 1. The van der Waals surface area contributed by atoms with Crippen molar-refractivity contribution in [1.29, 1.82) is 0 Å². The molecule has 3 nitrogen and oxygen atoms in total. The summed E-state index contributed by atoms with van der Waals surface area (Å²) >= 11 is 5.96. The summed E-state index contributed by atoms with van der Waals surface area (Å²) in [6.45, 7) is 0. The Morgan fingerprint density at radius 1 is 1.32 bits per heavy atom. The average Bonchev–Trinajstić information content (AvgIpc) is 2.46. The molecule has 1 unspecified atom stereocenters. The third kappa shape index (κ3) is 3.69. The van der Waals surface area contributed by atoms with Crippen LogP contribution in [0.1, 0.15) is 23.8 Å². The third-order valence-electron chi connectivity index (χ3n) is 2.95. The molecule has 1 aromatic carbocycles. The standard InChI is InChI=1S/C15H16ClNO2/c1-19-15-8-5-11(16)10-13(15)14(18)7-6-12-4-2-3-9-17-12/h2-5,8-10,14,18H,6-7H2,1H3. The van der Waals surface area contributed by atoms with Gasteiger partial charge in [-0.2, -0.15) is 0 Å². The number of rotatable bonds is 5. The van der Waals surface area contributed by atoms with Gasteiger partial charge in [0.25, 0.3) is 0 Å². The van der Waals surface area contributed by atoms with Crippen molar-refractivity contribution in [3.8, 4) is 5.75 Å². The Bertz CT molecular complexity index is 531. The molecule has 0 saturated heterocycles. The van der Waals surface area contributed by atoms with Gasteiger partial charge in [-0.15, -0.1) is 0 Å². The molecule has 1 N–H and O–H groups in total. The number of hydrogen-bond donors (Lipinski definition) is 1. The van der Waals surface area contributed by atoms with Gasteiger partial charge in [-0.25, -0.2) is 0 Å². The van der Waals surface area contributed by atoms with Crippen LogP contribution in [-0.2, 0) is 6.42 Å². The predicted octanol–water partition coefficient (Wildman–Crippen LogP) is 3.41. The third-order valence-corrected chi connectivity index (χ3v) is 3.19. The van der Waals surface area contributed by atoms with Crippen molar-refractivity contribution in [3.63, 3.8) is 0 Å². The first-order valence-electron chi connectivity index (χ1n) is 6.12. The smallest absolute Gasteiger partial charge is 0.124 e. The molecule has 19 heavy (non-hydrogen) atoms. The van der Waals surface area contributed by atoms with Gasteiger partial charge in [0.05, 0.1) is 13.2 Å². The molecule has 1 atom stereocenters. The van der Waals surface area contributed by atoms with Gasteiger partial charge in [-0.05, 0) is 43.2 Å². The second kappa shape index (κ2) is 6.55. The van der Waals surface area contributed by atoms with Crippen LogP contribution in [0, 0.1) is 0 Å². The summed E-state index contributed by atoms with van der Waals surface area (Å²) in [5.74, 6) is 0.651. The molecule has 2 rings (SSSR count). The van der Waals surface area contributed by atoms with E-state index in [0.717, 1.165) is 5.69 Å². The molecule has 0 fully saturated rings. The molecule has 0 aliphatic rings. The predicted molar refractivity (Wildman–Crippen MR) is 75.5 cm³/mol. The molecule has 100 valence electrons. The highest BCUT2D eigenvalue weighted by atomic mass is 35.5. The fraction of sp³-hybridized carbons (Fsp3) is 0.267. The number of aliphatic hydroxyl groups is 1. The van der Waals surface area contributed by atoms with E-state index >= 15 is 0 Å². The van der Waals surface area contributed by atoms with Crippen molar-refractivity contribution in [2.45, 2.75) is 18.9 Å². The topological polar surface area (TPSA) is 42.4 Å². The van der Waals surface area contributed by atoms with E-state index in [1.807, 2.05) is 18.2 Å². The van der Waals surface area contributed by atoms with Crippen LogP contribution in [0.3, 0.4) is 0 Å². The van der Waals surface area contributed by atoms with Gasteiger partial charge in [-0.3, -0.25) is 4.98 Å². The van der Waals surface area contributed by atoms with Crippen LogP contribution in [0.15, 0.2) is 42.6 Å². The molecule has 0 aliphatic carbocycles. The molecule has 0 amide bonds. The Morgan fingerprint density at radius 2 is 2.16 bits per heavy atom. The highest BCUT2D eigenvalue weighted by molar-refractivity contribution is 6.30. The maximum Gasteiger partial charge on any atom is 0.124 e. The molecule has 4 heteroatoms. The number of methoxy groups -OCH3 is 1. The normalized spacial score (nSPS) is 12.2. The Kier molecular flexibility index (Phi) is 4.77. The first-order valence-corrected chi connectivity index (χ1v) is 6.50. The van der Waals surface area contributed by atoms with Crippen molar-refractivity contribution in [1.82, 2.24) is 4.98 Å². The van der Waals surface area contributed by atoms with E-state index in [-0.39, 0.29) is 0 Å². The number of aromatic nitrogens is 1. The lowest BCUT2D eigenvalue weighted by Crippen LogP contribution is -2.03. The summed E-state index contributed by atoms with van der Waals surface area (Å²) in [7, 11) is 1.58. The highest BCUT2D eigenvalue weighted by Crippen LogP contribution is 2.30. The zero-order valence-electron chi connectivity index (χ0n) is 10.7. The second-order valence-electron chi connectivity index (χ2n) is 4.26. The molecule has 1 heterocycles. The Morgan fingerprint density at radius 3 is 2.84 bits per heavy atom. The number of aryl methyl sites for hydroxylation is 1. The minimum Gasteiger partial charge on any atom is -0.496 e. The van der Waals surface area contributed by atoms with Gasteiger partial charge in [0.15, 0.2) is 0 Å². The van der Waals surface area contributed by atoms with Crippen LogP contribution < -0.4 is 4.74 Å². The fourth-order valence-corrected chi connectivity index (χ4v) is 2.13. The zero-order chi connectivity index (χ0) is 13.7. The number of nitrogens with zero attached hydrogens (tertiary/aromatic N) is 1. The Balaban J connectivity index is 2.07. The van der Waals surface area contributed by atoms with Crippen molar-refractivity contribution < 1.29 is 9.84 Å². The first-order chi connectivity index (χ1) is 9.20. The summed E-state index contributed by atoms with van der Waals surface area (Å²) in [5, 5.41) is 10.8. The first kappa shape index (κ1) is 13.8. The van der Waals surface area contributed by atoms with Gasteiger partial charge >= 0.3 is 0 Å². The van der Waals surface area contributed by atoms with E-state index in [2.05, 4.69) is 4.98 Å². The maximum atomic E-state index is 10.3. The minimum atomic E-state index is -0.615. The van der Waals surface area contributed by atoms with Gasteiger partial charge in [0.1, 0.15) is 5.75 Å². The van der Waals surface area contributed by atoms with E-state index in [4.69, 9.17) is 16.3 Å². The quantitative estimate of drug-likeness (QED) is 0.911. The number of ether oxygens (including phenoxy) is 1. The van der Waals surface area contributed by atoms with E-state index in [1.54, 1.807) is 31.5 Å². The zero-order valence-corrected chi connectivity index (χ0v) is 11.5. The van der Waals surface area contributed by atoms with Crippen molar-refractivity contribution in [3.05, 3.63) is 58.9 Å². The maximum absolute atomic E-state index is 10.3. The molecule has 0 spiro atoms. The monoisotopic (exact) mass is 277 g/mol. The Hall–Kier alpha value is -1.58. The van der Waals surface area contributed by atoms with Gasteiger partial charge in [0.2, 0.25) is 0 Å². The molecule has 0 bridgehead atoms. The number of aliphatic hydroxyl groups excluding tert-OH is 1. The summed E-state index contributed by atoms with van der Waals surface area (Å²) in [6, 6.07) is 11.0.